The Morgan fingerprint density at radius 1 is 1.14 bits per heavy atom. The predicted octanol–water partition coefficient (Wildman–Crippen LogP) is 3.64. The number of aryl methyl sites for hydroxylation is 1. The fourth-order valence-corrected chi connectivity index (χ4v) is 2.83. The van der Waals surface area contributed by atoms with E-state index in [1.165, 1.54) is 0 Å². The molecule has 0 fully saturated rings. The van der Waals surface area contributed by atoms with E-state index in [0.29, 0.717) is 6.42 Å². The fourth-order valence-electron chi connectivity index (χ4n) is 2.70. The number of aromatic nitrogens is 2. The van der Waals surface area contributed by atoms with Crippen molar-refractivity contribution in [3.8, 4) is 0 Å². The van der Waals surface area contributed by atoms with Crippen LogP contribution in [0.3, 0.4) is 0 Å². The molecule has 0 spiro atoms. The van der Waals surface area contributed by atoms with Crippen LogP contribution in [0.2, 0.25) is 5.02 Å². The summed E-state index contributed by atoms with van der Waals surface area (Å²) in [5.74, 6) is 0. The van der Waals surface area contributed by atoms with Crippen LogP contribution in [0.4, 0.5) is 0 Å². The van der Waals surface area contributed by atoms with Gasteiger partial charge in [0.25, 0.3) is 0 Å². The lowest BCUT2D eigenvalue weighted by atomic mass is 9.88. The molecule has 21 heavy (non-hydrogen) atoms. The maximum atomic E-state index is 6.53. The molecule has 2 aromatic carbocycles. The lowest BCUT2D eigenvalue weighted by Crippen LogP contribution is -2.35. The minimum absolute atomic E-state index is 0.484. The van der Waals surface area contributed by atoms with Crippen molar-refractivity contribution < 1.29 is 0 Å². The highest BCUT2D eigenvalue weighted by Gasteiger charge is 2.24. The van der Waals surface area contributed by atoms with Gasteiger partial charge in [-0.3, -0.25) is 4.68 Å². The van der Waals surface area contributed by atoms with Gasteiger partial charge in [-0.05, 0) is 30.7 Å². The summed E-state index contributed by atoms with van der Waals surface area (Å²) in [5.41, 5.74) is 9.25. The van der Waals surface area contributed by atoms with E-state index in [4.69, 9.17) is 17.3 Å². The largest absolute Gasteiger partial charge is 0.321 e. The van der Waals surface area contributed by atoms with Gasteiger partial charge in [0, 0.05) is 29.4 Å². The van der Waals surface area contributed by atoms with Gasteiger partial charge < -0.3 is 5.73 Å². The van der Waals surface area contributed by atoms with E-state index < -0.39 is 5.54 Å². The number of hydrogen-bond donors (Lipinski definition) is 1. The summed E-state index contributed by atoms with van der Waals surface area (Å²) in [4.78, 5) is 0. The topological polar surface area (TPSA) is 43.8 Å². The zero-order valence-corrected chi connectivity index (χ0v) is 12.9. The second-order valence-corrected chi connectivity index (χ2v) is 6.13. The van der Waals surface area contributed by atoms with Crippen LogP contribution in [0.5, 0.6) is 0 Å². The van der Waals surface area contributed by atoms with Gasteiger partial charge >= 0.3 is 0 Å². The summed E-state index contributed by atoms with van der Waals surface area (Å²) in [5, 5.41) is 6.51. The molecule has 3 aromatic rings. The highest BCUT2D eigenvalue weighted by molar-refractivity contribution is 6.30. The van der Waals surface area contributed by atoms with E-state index in [0.717, 1.165) is 27.2 Å². The van der Waals surface area contributed by atoms with Gasteiger partial charge in [0.15, 0.2) is 0 Å². The molecule has 0 bridgehead atoms. The zero-order chi connectivity index (χ0) is 15.0. The molecule has 0 amide bonds. The first-order valence-electron chi connectivity index (χ1n) is 6.93. The molecule has 3 nitrogen and oxygen atoms in total. The Hall–Kier alpha value is -1.84. The first-order valence-corrected chi connectivity index (χ1v) is 7.31. The van der Waals surface area contributed by atoms with Crippen LogP contribution in [0.25, 0.3) is 10.9 Å². The Balaban J connectivity index is 1.99. The molecule has 1 atom stereocenters. The number of benzene rings is 2. The number of nitrogens with two attached hydrogens (primary N) is 1. The van der Waals surface area contributed by atoms with Crippen LogP contribution in [0, 0.1) is 0 Å². The number of hydrogen-bond acceptors (Lipinski definition) is 2. The Bertz CT molecular complexity index is 772. The van der Waals surface area contributed by atoms with E-state index in [9.17, 15) is 0 Å². The SMILES string of the molecule is Cn1nc(CC(C)(N)c2ccc(Cl)cc2)c2ccccc21. The zero-order valence-electron chi connectivity index (χ0n) is 12.2. The van der Waals surface area contributed by atoms with Crippen LogP contribution in [0.15, 0.2) is 48.5 Å². The summed E-state index contributed by atoms with van der Waals surface area (Å²) in [6.07, 6.45) is 0.677. The molecule has 0 aliphatic heterocycles. The minimum atomic E-state index is -0.484. The molecule has 0 saturated carbocycles. The molecule has 0 saturated heterocycles. The summed E-state index contributed by atoms with van der Waals surface area (Å²) < 4.78 is 1.91. The molecule has 1 aromatic heterocycles. The Morgan fingerprint density at radius 3 is 2.52 bits per heavy atom. The van der Waals surface area contributed by atoms with E-state index in [-0.39, 0.29) is 0 Å². The van der Waals surface area contributed by atoms with Crippen molar-refractivity contribution in [2.75, 3.05) is 0 Å². The van der Waals surface area contributed by atoms with Crippen LogP contribution < -0.4 is 5.73 Å². The molecule has 3 rings (SSSR count). The van der Waals surface area contributed by atoms with E-state index in [1.54, 1.807) is 0 Å². The van der Waals surface area contributed by atoms with Gasteiger partial charge in [-0.15, -0.1) is 0 Å². The third-order valence-electron chi connectivity index (χ3n) is 3.87. The third-order valence-corrected chi connectivity index (χ3v) is 4.12. The molecule has 0 radical (unpaired) electrons. The molecule has 4 heteroatoms. The molecule has 1 unspecified atom stereocenters. The quantitative estimate of drug-likeness (QED) is 0.802. The molecule has 0 aliphatic carbocycles. The normalized spacial score (nSPS) is 14.3. The van der Waals surface area contributed by atoms with E-state index >= 15 is 0 Å². The Labute approximate surface area is 129 Å². The van der Waals surface area contributed by atoms with Crippen LogP contribution >= 0.6 is 11.6 Å². The predicted molar refractivity (Wildman–Crippen MR) is 87.4 cm³/mol. The van der Waals surface area contributed by atoms with Crippen molar-refractivity contribution >= 4 is 22.5 Å². The van der Waals surface area contributed by atoms with Crippen molar-refractivity contribution in [3.63, 3.8) is 0 Å². The van der Waals surface area contributed by atoms with Crippen molar-refractivity contribution in [1.29, 1.82) is 0 Å². The van der Waals surface area contributed by atoms with E-state index in [2.05, 4.69) is 17.2 Å². The maximum absolute atomic E-state index is 6.53. The number of nitrogens with zero attached hydrogens (tertiary/aromatic N) is 2. The monoisotopic (exact) mass is 299 g/mol. The molecule has 0 aliphatic rings. The lowest BCUT2D eigenvalue weighted by Gasteiger charge is -2.24. The smallest absolute Gasteiger partial charge is 0.0724 e. The second kappa shape index (κ2) is 5.17. The first-order chi connectivity index (χ1) is 9.97. The van der Waals surface area contributed by atoms with Crippen molar-refractivity contribution in [2.45, 2.75) is 18.9 Å². The third kappa shape index (κ3) is 2.67. The Morgan fingerprint density at radius 2 is 1.81 bits per heavy atom. The van der Waals surface area contributed by atoms with Gasteiger partial charge in [0.05, 0.1) is 11.2 Å². The van der Waals surface area contributed by atoms with Gasteiger partial charge in [0.2, 0.25) is 0 Å². The summed E-state index contributed by atoms with van der Waals surface area (Å²) >= 11 is 5.95. The summed E-state index contributed by atoms with van der Waals surface area (Å²) in [7, 11) is 1.96. The van der Waals surface area contributed by atoms with Gasteiger partial charge in [-0.1, -0.05) is 41.9 Å². The minimum Gasteiger partial charge on any atom is -0.321 e. The molecule has 108 valence electrons. The van der Waals surface area contributed by atoms with Crippen molar-refractivity contribution in [2.24, 2.45) is 12.8 Å². The standard InChI is InChI=1S/C17H18ClN3/c1-17(19,12-7-9-13(18)10-8-12)11-15-14-5-3-4-6-16(14)21(2)20-15/h3-10H,11,19H2,1-2H3. The number of para-hydroxylation sites is 1. The van der Waals surface area contributed by atoms with Crippen LogP contribution in [-0.2, 0) is 19.0 Å². The average molecular weight is 300 g/mol. The number of fused-ring (bicyclic) bond motifs is 1. The average Bonchev–Trinajstić information content (AvgIpc) is 2.76. The van der Waals surface area contributed by atoms with Crippen LogP contribution in [0.1, 0.15) is 18.2 Å². The number of halogens is 1. The second-order valence-electron chi connectivity index (χ2n) is 5.69. The molecular formula is C17H18ClN3. The lowest BCUT2D eigenvalue weighted by molar-refractivity contribution is 0.483. The van der Waals surface area contributed by atoms with Crippen molar-refractivity contribution in [3.05, 3.63) is 64.8 Å². The van der Waals surface area contributed by atoms with Crippen LogP contribution in [-0.4, -0.2) is 9.78 Å². The Kier molecular flexibility index (Phi) is 3.47. The summed E-state index contributed by atoms with van der Waals surface area (Å²) in [6, 6.07) is 15.9. The maximum Gasteiger partial charge on any atom is 0.0724 e. The fraction of sp³-hybridized carbons (Fsp3) is 0.235. The van der Waals surface area contributed by atoms with E-state index in [1.807, 2.05) is 55.1 Å². The number of rotatable bonds is 3. The van der Waals surface area contributed by atoms with Crippen molar-refractivity contribution in [1.82, 2.24) is 9.78 Å². The molecule has 2 N–H and O–H groups in total. The summed E-state index contributed by atoms with van der Waals surface area (Å²) in [6.45, 7) is 2.03. The highest BCUT2D eigenvalue weighted by atomic mass is 35.5. The molecular weight excluding hydrogens is 282 g/mol. The van der Waals surface area contributed by atoms with Gasteiger partial charge in [-0.2, -0.15) is 5.10 Å². The molecule has 1 heterocycles. The van der Waals surface area contributed by atoms with Gasteiger partial charge in [0.1, 0.15) is 0 Å². The first kappa shape index (κ1) is 14.1. The van der Waals surface area contributed by atoms with Gasteiger partial charge in [-0.25, -0.2) is 0 Å². The highest BCUT2D eigenvalue weighted by Crippen LogP contribution is 2.27.